The number of thioether (sulfide) groups is 1. The summed E-state index contributed by atoms with van der Waals surface area (Å²) in [6, 6.07) is 3.02. The Morgan fingerprint density at radius 3 is 2.40 bits per heavy atom. The highest BCUT2D eigenvalue weighted by Crippen LogP contribution is 2.33. The van der Waals surface area contributed by atoms with Crippen LogP contribution in [0.25, 0.3) is 0 Å². The summed E-state index contributed by atoms with van der Waals surface area (Å²) in [6.45, 7) is 1.38. The molecular weight excluding hydrogens is 232 g/mol. The largest absolute Gasteiger partial charge is 0.449 e. The molecule has 1 aromatic rings. The fraction of sp³-hybridized carbons (Fsp3) is 0.222. The fourth-order valence-corrected chi connectivity index (χ4v) is 1.57. The van der Waals surface area contributed by atoms with Crippen LogP contribution < -0.4 is 0 Å². The summed E-state index contributed by atoms with van der Waals surface area (Å²) < 4.78 is 48.2. The highest BCUT2D eigenvalue weighted by Gasteiger charge is 2.33. The topological polar surface area (TPSA) is 17.1 Å². The Hall–Kier alpha value is -1.04. The molecule has 1 rings (SSSR count). The zero-order valence-electron chi connectivity index (χ0n) is 7.56. The Bertz CT molecular complexity index is 386. The minimum atomic E-state index is -4.61. The number of hydrogen-bond donors (Lipinski definition) is 0. The quantitative estimate of drug-likeness (QED) is 0.696. The van der Waals surface area contributed by atoms with Crippen molar-refractivity contribution in [2.75, 3.05) is 0 Å². The van der Waals surface area contributed by atoms with E-state index in [9.17, 15) is 22.4 Å². The molecule has 0 radical (unpaired) electrons. The number of carbonyl (C=O) groups excluding carboxylic acids is 1. The van der Waals surface area contributed by atoms with Gasteiger partial charge >= 0.3 is 5.51 Å². The highest BCUT2D eigenvalue weighted by atomic mass is 32.2. The fourth-order valence-electron chi connectivity index (χ4n) is 1.02. The van der Waals surface area contributed by atoms with Crippen LogP contribution in [0.5, 0.6) is 0 Å². The van der Waals surface area contributed by atoms with Crippen molar-refractivity contribution in [3.63, 3.8) is 0 Å². The molecule has 0 bridgehead atoms. The van der Waals surface area contributed by atoms with E-state index in [4.69, 9.17) is 0 Å². The van der Waals surface area contributed by atoms with Crippen LogP contribution in [-0.4, -0.2) is 10.6 Å². The van der Waals surface area contributed by atoms with Gasteiger partial charge in [-0.2, -0.15) is 13.2 Å². The van der Waals surface area contributed by atoms with Gasteiger partial charge in [0, 0.05) is 17.3 Å². The van der Waals surface area contributed by atoms with Crippen LogP contribution in [0.3, 0.4) is 0 Å². The van der Waals surface area contributed by atoms with Crippen LogP contribution in [0.4, 0.5) is 17.6 Å². The standard InChI is InChI=1S/C9H6F4OS/c1-5-4-6(10)2-3-7(5)8(14)15-9(11,12)13/h2-4H,1H3. The number of hydrogen-bond acceptors (Lipinski definition) is 2. The second kappa shape index (κ2) is 4.22. The van der Waals surface area contributed by atoms with Gasteiger partial charge in [0.15, 0.2) is 0 Å². The minimum Gasteiger partial charge on any atom is -0.281 e. The zero-order valence-corrected chi connectivity index (χ0v) is 8.38. The summed E-state index contributed by atoms with van der Waals surface area (Å²) in [7, 11) is 0. The van der Waals surface area contributed by atoms with Crippen LogP contribution in [0.1, 0.15) is 15.9 Å². The summed E-state index contributed by atoms with van der Waals surface area (Å²) in [5.74, 6) is -0.582. The van der Waals surface area contributed by atoms with Crippen molar-refractivity contribution in [3.05, 3.63) is 35.1 Å². The summed E-state index contributed by atoms with van der Waals surface area (Å²) in [4.78, 5) is 11.1. The van der Waals surface area contributed by atoms with E-state index in [0.717, 1.165) is 18.2 Å². The second-order valence-electron chi connectivity index (χ2n) is 2.79. The molecular formula is C9H6F4OS. The highest BCUT2D eigenvalue weighted by molar-refractivity contribution is 8.14. The average molecular weight is 238 g/mol. The van der Waals surface area contributed by atoms with Crippen LogP contribution in [0.15, 0.2) is 18.2 Å². The molecule has 0 saturated heterocycles. The maximum atomic E-state index is 12.6. The molecule has 0 aliphatic rings. The molecule has 0 saturated carbocycles. The monoisotopic (exact) mass is 238 g/mol. The normalized spacial score (nSPS) is 11.5. The Morgan fingerprint density at radius 2 is 1.93 bits per heavy atom. The summed E-state index contributed by atoms with van der Waals surface area (Å²) in [5.41, 5.74) is -4.55. The van der Waals surface area contributed by atoms with Gasteiger partial charge in [-0.05, 0) is 30.7 Å². The molecule has 0 unspecified atom stereocenters. The molecule has 82 valence electrons. The number of carbonyl (C=O) groups is 1. The van der Waals surface area contributed by atoms with E-state index in [1.807, 2.05) is 0 Å². The molecule has 0 fully saturated rings. The van der Waals surface area contributed by atoms with Crippen molar-refractivity contribution < 1.29 is 22.4 Å². The summed E-state index contributed by atoms with van der Waals surface area (Å²) in [6.07, 6.45) is 0. The molecule has 0 aliphatic carbocycles. The molecule has 0 N–H and O–H groups in total. The minimum absolute atomic E-state index is 0.126. The number of benzene rings is 1. The van der Waals surface area contributed by atoms with Crippen molar-refractivity contribution in [3.8, 4) is 0 Å². The third-order valence-corrected chi connectivity index (χ3v) is 2.25. The van der Waals surface area contributed by atoms with Gasteiger partial charge in [0.25, 0.3) is 0 Å². The van der Waals surface area contributed by atoms with Gasteiger partial charge in [-0.3, -0.25) is 4.79 Å². The van der Waals surface area contributed by atoms with Crippen molar-refractivity contribution in [2.24, 2.45) is 0 Å². The predicted molar refractivity (Wildman–Crippen MR) is 49.1 cm³/mol. The summed E-state index contributed by atoms with van der Waals surface area (Å²) >= 11 is -0.731. The molecule has 6 heteroatoms. The van der Waals surface area contributed by atoms with E-state index in [-0.39, 0.29) is 11.1 Å². The van der Waals surface area contributed by atoms with Crippen molar-refractivity contribution in [1.82, 2.24) is 0 Å². The van der Waals surface area contributed by atoms with Crippen molar-refractivity contribution >= 4 is 16.9 Å². The van der Waals surface area contributed by atoms with Gasteiger partial charge in [0.1, 0.15) is 5.82 Å². The molecule has 1 nitrogen and oxygen atoms in total. The van der Waals surface area contributed by atoms with Gasteiger partial charge in [-0.1, -0.05) is 0 Å². The second-order valence-corrected chi connectivity index (χ2v) is 3.83. The number of halogens is 4. The Balaban J connectivity index is 2.92. The lowest BCUT2D eigenvalue weighted by Gasteiger charge is -2.06. The van der Waals surface area contributed by atoms with Crippen LogP contribution in [0.2, 0.25) is 0 Å². The van der Waals surface area contributed by atoms with E-state index in [0.29, 0.717) is 0 Å². The maximum Gasteiger partial charge on any atom is 0.449 e. The maximum absolute atomic E-state index is 12.6. The molecule has 15 heavy (non-hydrogen) atoms. The lowest BCUT2D eigenvalue weighted by molar-refractivity contribution is -0.0322. The third-order valence-electron chi connectivity index (χ3n) is 1.62. The molecule has 0 aliphatic heterocycles. The van der Waals surface area contributed by atoms with Gasteiger partial charge < -0.3 is 0 Å². The Morgan fingerprint density at radius 1 is 1.33 bits per heavy atom. The third kappa shape index (κ3) is 3.54. The Kier molecular flexibility index (Phi) is 3.38. The van der Waals surface area contributed by atoms with Crippen LogP contribution >= 0.6 is 11.8 Å². The van der Waals surface area contributed by atoms with Gasteiger partial charge in [0.05, 0.1) is 0 Å². The average Bonchev–Trinajstić information content (AvgIpc) is 1.99. The van der Waals surface area contributed by atoms with Crippen LogP contribution in [-0.2, 0) is 0 Å². The molecule has 0 aromatic heterocycles. The predicted octanol–water partition coefficient (Wildman–Crippen LogP) is 3.53. The molecule has 1 aromatic carbocycles. The van der Waals surface area contributed by atoms with Gasteiger partial charge in [-0.25, -0.2) is 4.39 Å². The smallest absolute Gasteiger partial charge is 0.281 e. The zero-order chi connectivity index (χ0) is 11.6. The van der Waals surface area contributed by atoms with E-state index in [2.05, 4.69) is 0 Å². The van der Waals surface area contributed by atoms with Crippen molar-refractivity contribution in [2.45, 2.75) is 12.4 Å². The molecule has 0 atom stereocenters. The first-order valence-electron chi connectivity index (χ1n) is 3.86. The molecule has 0 spiro atoms. The molecule has 0 heterocycles. The van der Waals surface area contributed by atoms with E-state index < -0.39 is 28.2 Å². The van der Waals surface area contributed by atoms with Gasteiger partial charge in [-0.15, -0.1) is 0 Å². The first-order valence-corrected chi connectivity index (χ1v) is 4.67. The van der Waals surface area contributed by atoms with E-state index >= 15 is 0 Å². The molecule has 0 amide bonds. The van der Waals surface area contributed by atoms with Crippen molar-refractivity contribution in [1.29, 1.82) is 0 Å². The number of alkyl halides is 3. The summed E-state index contributed by atoms with van der Waals surface area (Å²) in [5, 5.41) is -1.12. The number of rotatable bonds is 1. The lowest BCUT2D eigenvalue weighted by Crippen LogP contribution is -2.08. The van der Waals surface area contributed by atoms with E-state index in [1.165, 1.54) is 6.92 Å². The number of aryl methyl sites for hydroxylation is 1. The first-order chi connectivity index (χ1) is 6.79. The van der Waals surface area contributed by atoms with Crippen LogP contribution in [0, 0.1) is 12.7 Å². The van der Waals surface area contributed by atoms with E-state index in [1.54, 1.807) is 0 Å². The first kappa shape index (κ1) is 12.0. The Labute approximate surface area is 87.5 Å². The lowest BCUT2D eigenvalue weighted by atomic mass is 10.1. The SMILES string of the molecule is Cc1cc(F)ccc1C(=O)SC(F)(F)F. The van der Waals surface area contributed by atoms with Gasteiger partial charge in [0.2, 0.25) is 5.12 Å².